The minimum Gasteiger partial charge on any atom is -0.392 e. The molecule has 15 heavy (non-hydrogen) atoms. The van der Waals surface area contributed by atoms with Crippen molar-refractivity contribution in [2.75, 3.05) is 0 Å². The third-order valence-electron chi connectivity index (χ3n) is 2.94. The summed E-state index contributed by atoms with van der Waals surface area (Å²) < 4.78 is 12.9. The molecule has 0 heterocycles. The molecule has 1 fully saturated rings. The van der Waals surface area contributed by atoms with Crippen molar-refractivity contribution in [2.24, 2.45) is 0 Å². The smallest absolute Gasteiger partial charge is 0.123 e. The van der Waals surface area contributed by atoms with Gasteiger partial charge in [0.1, 0.15) is 5.82 Å². The molecule has 2 atom stereocenters. The highest BCUT2D eigenvalue weighted by Crippen LogP contribution is 2.19. The van der Waals surface area contributed by atoms with E-state index in [1.807, 2.05) is 6.07 Å². The first-order valence-corrected chi connectivity index (χ1v) is 5.41. The molecule has 2 unspecified atom stereocenters. The summed E-state index contributed by atoms with van der Waals surface area (Å²) in [6.07, 6.45) is 2.72. The van der Waals surface area contributed by atoms with Gasteiger partial charge in [0.2, 0.25) is 0 Å². The van der Waals surface area contributed by atoms with E-state index in [1.165, 1.54) is 12.1 Å². The zero-order chi connectivity index (χ0) is 10.7. The van der Waals surface area contributed by atoms with Crippen molar-refractivity contribution in [3.05, 3.63) is 35.6 Å². The van der Waals surface area contributed by atoms with Gasteiger partial charge in [-0.05, 0) is 37.0 Å². The van der Waals surface area contributed by atoms with Crippen LogP contribution in [0, 0.1) is 5.82 Å². The van der Waals surface area contributed by atoms with Crippen LogP contribution in [0.1, 0.15) is 24.8 Å². The minimum absolute atomic E-state index is 0.174. The molecule has 2 rings (SSSR count). The van der Waals surface area contributed by atoms with E-state index in [1.54, 1.807) is 6.07 Å². The van der Waals surface area contributed by atoms with Crippen molar-refractivity contribution in [1.82, 2.24) is 5.32 Å². The first kappa shape index (κ1) is 10.6. The predicted molar refractivity (Wildman–Crippen MR) is 56.9 cm³/mol. The van der Waals surface area contributed by atoms with Crippen molar-refractivity contribution in [2.45, 2.75) is 38.0 Å². The van der Waals surface area contributed by atoms with Crippen molar-refractivity contribution in [3.8, 4) is 0 Å². The van der Waals surface area contributed by atoms with Gasteiger partial charge >= 0.3 is 0 Å². The van der Waals surface area contributed by atoms with Crippen LogP contribution < -0.4 is 5.32 Å². The Morgan fingerprint density at radius 1 is 1.40 bits per heavy atom. The molecule has 0 aromatic heterocycles. The van der Waals surface area contributed by atoms with Gasteiger partial charge < -0.3 is 10.4 Å². The maximum absolute atomic E-state index is 12.9. The van der Waals surface area contributed by atoms with E-state index < -0.39 is 0 Å². The number of nitrogens with one attached hydrogen (secondary N) is 1. The molecule has 2 N–H and O–H groups in total. The maximum Gasteiger partial charge on any atom is 0.123 e. The highest BCUT2D eigenvalue weighted by Gasteiger charge is 2.24. The van der Waals surface area contributed by atoms with Crippen LogP contribution >= 0.6 is 0 Å². The van der Waals surface area contributed by atoms with E-state index in [0.29, 0.717) is 6.54 Å². The molecule has 3 heteroatoms. The highest BCUT2D eigenvalue weighted by atomic mass is 19.1. The Hall–Kier alpha value is -0.930. The molecule has 0 spiro atoms. The maximum atomic E-state index is 12.9. The molecule has 2 nitrogen and oxygen atoms in total. The van der Waals surface area contributed by atoms with Gasteiger partial charge in [0.15, 0.2) is 0 Å². The second kappa shape index (κ2) is 4.73. The average molecular weight is 209 g/mol. The lowest BCUT2D eigenvalue weighted by atomic mass is 10.1. The number of hydrogen-bond acceptors (Lipinski definition) is 2. The Kier molecular flexibility index (Phi) is 3.34. The molecule has 0 saturated heterocycles. The highest BCUT2D eigenvalue weighted by molar-refractivity contribution is 5.16. The SMILES string of the molecule is OC1CCCC1NCc1cccc(F)c1. The van der Waals surface area contributed by atoms with Crippen LogP contribution in [-0.4, -0.2) is 17.3 Å². The molecule has 0 bridgehead atoms. The summed E-state index contributed by atoms with van der Waals surface area (Å²) in [7, 11) is 0. The zero-order valence-corrected chi connectivity index (χ0v) is 8.62. The van der Waals surface area contributed by atoms with E-state index >= 15 is 0 Å². The lowest BCUT2D eigenvalue weighted by Gasteiger charge is -2.16. The van der Waals surface area contributed by atoms with Gasteiger partial charge in [0.05, 0.1) is 6.10 Å². The molecule has 0 aliphatic heterocycles. The van der Waals surface area contributed by atoms with Crippen LogP contribution in [0.2, 0.25) is 0 Å². The van der Waals surface area contributed by atoms with Crippen LogP contribution in [0.4, 0.5) is 4.39 Å². The molecular formula is C12H16FNO. The molecule has 82 valence electrons. The van der Waals surface area contributed by atoms with E-state index in [0.717, 1.165) is 24.8 Å². The third kappa shape index (κ3) is 2.76. The molecular weight excluding hydrogens is 193 g/mol. The minimum atomic E-state index is -0.237. The number of aliphatic hydroxyl groups is 1. The number of benzene rings is 1. The van der Waals surface area contributed by atoms with E-state index in [-0.39, 0.29) is 18.0 Å². The van der Waals surface area contributed by atoms with Crippen LogP contribution in [0.5, 0.6) is 0 Å². The second-order valence-corrected chi connectivity index (χ2v) is 4.12. The standard InChI is InChI=1S/C12H16FNO/c13-10-4-1-3-9(7-10)8-14-11-5-2-6-12(11)15/h1,3-4,7,11-12,14-15H,2,5-6,8H2. The molecule has 0 radical (unpaired) electrons. The molecule has 1 aliphatic carbocycles. The van der Waals surface area contributed by atoms with Crippen LogP contribution in [0.3, 0.4) is 0 Å². The molecule has 1 aromatic carbocycles. The summed E-state index contributed by atoms with van der Waals surface area (Å²) in [5.74, 6) is -0.207. The summed E-state index contributed by atoms with van der Waals surface area (Å²) in [5.41, 5.74) is 0.925. The zero-order valence-electron chi connectivity index (χ0n) is 8.62. The lowest BCUT2D eigenvalue weighted by Crippen LogP contribution is -2.35. The Morgan fingerprint density at radius 3 is 2.93 bits per heavy atom. The Balaban J connectivity index is 1.87. The van der Waals surface area contributed by atoms with Gasteiger partial charge in [-0.15, -0.1) is 0 Å². The summed E-state index contributed by atoms with van der Waals surface area (Å²) >= 11 is 0. The van der Waals surface area contributed by atoms with E-state index in [9.17, 15) is 9.50 Å². The van der Waals surface area contributed by atoms with Gasteiger partial charge in [-0.2, -0.15) is 0 Å². The van der Waals surface area contributed by atoms with Gasteiger partial charge in [-0.1, -0.05) is 12.1 Å². The topological polar surface area (TPSA) is 32.3 Å². The van der Waals surface area contributed by atoms with Crippen molar-refractivity contribution in [3.63, 3.8) is 0 Å². The monoisotopic (exact) mass is 209 g/mol. The van der Waals surface area contributed by atoms with Gasteiger partial charge in [0.25, 0.3) is 0 Å². The fourth-order valence-electron chi connectivity index (χ4n) is 2.07. The first-order valence-electron chi connectivity index (χ1n) is 5.41. The fourth-order valence-corrected chi connectivity index (χ4v) is 2.07. The van der Waals surface area contributed by atoms with Crippen LogP contribution in [0.15, 0.2) is 24.3 Å². The molecule has 1 aromatic rings. The first-order chi connectivity index (χ1) is 7.25. The third-order valence-corrected chi connectivity index (χ3v) is 2.94. The number of hydrogen-bond donors (Lipinski definition) is 2. The largest absolute Gasteiger partial charge is 0.392 e. The van der Waals surface area contributed by atoms with Crippen molar-refractivity contribution < 1.29 is 9.50 Å². The van der Waals surface area contributed by atoms with Crippen molar-refractivity contribution >= 4 is 0 Å². The quantitative estimate of drug-likeness (QED) is 0.796. The number of aliphatic hydroxyl groups excluding tert-OH is 1. The van der Waals surface area contributed by atoms with E-state index in [2.05, 4.69) is 5.32 Å². The average Bonchev–Trinajstić information content (AvgIpc) is 2.61. The van der Waals surface area contributed by atoms with Gasteiger partial charge in [-0.25, -0.2) is 4.39 Å². The van der Waals surface area contributed by atoms with E-state index in [4.69, 9.17) is 0 Å². The number of rotatable bonds is 3. The predicted octanol–water partition coefficient (Wildman–Crippen LogP) is 1.83. The summed E-state index contributed by atoms with van der Waals surface area (Å²) in [5, 5.41) is 12.8. The second-order valence-electron chi connectivity index (χ2n) is 4.12. The fraction of sp³-hybridized carbons (Fsp3) is 0.500. The molecule has 1 aliphatic rings. The summed E-state index contributed by atoms with van der Waals surface area (Å²) in [4.78, 5) is 0. The van der Waals surface area contributed by atoms with Crippen molar-refractivity contribution in [1.29, 1.82) is 0 Å². The lowest BCUT2D eigenvalue weighted by molar-refractivity contribution is 0.148. The van der Waals surface area contributed by atoms with Gasteiger partial charge in [0, 0.05) is 12.6 Å². The van der Waals surface area contributed by atoms with Crippen LogP contribution in [0.25, 0.3) is 0 Å². The van der Waals surface area contributed by atoms with Crippen LogP contribution in [-0.2, 0) is 6.54 Å². The molecule has 1 saturated carbocycles. The normalized spacial score (nSPS) is 25.7. The summed E-state index contributed by atoms with van der Waals surface area (Å²) in [6.45, 7) is 0.624. The summed E-state index contributed by atoms with van der Waals surface area (Å²) in [6, 6.07) is 6.73. The Labute approximate surface area is 89.1 Å². The Bertz CT molecular complexity index is 329. The molecule has 0 amide bonds. The van der Waals surface area contributed by atoms with Gasteiger partial charge in [-0.3, -0.25) is 0 Å². The Morgan fingerprint density at radius 2 is 2.27 bits per heavy atom. The number of halogens is 1.